The molecule has 0 saturated heterocycles. The summed E-state index contributed by atoms with van der Waals surface area (Å²) in [6, 6.07) is 16.0. The van der Waals surface area contributed by atoms with E-state index in [0.29, 0.717) is 17.1 Å². The lowest BCUT2D eigenvalue weighted by atomic mass is 10.1. The van der Waals surface area contributed by atoms with Crippen LogP contribution < -0.4 is 5.32 Å². The molecule has 2 aromatic rings. The van der Waals surface area contributed by atoms with E-state index >= 15 is 0 Å². The fourth-order valence-corrected chi connectivity index (χ4v) is 2.50. The first-order valence-corrected chi connectivity index (χ1v) is 7.66. The van der Waals surface area contributed by atoms with Crippen molar-refractivity contribution in [3.63, 3.8) is 0 Å². The van der Waals surface area contributed by atoms with Crippen molar-refractivity contribution in [1.29, 1.82) is 0 Å². The molecule has 20 heavy (non-hydrogen) atoms. The minimum Gasteiger partial charge on any atom is -0.310 e. The van der Waals surface area contributed by atoms with Crippen LogP contribution in [0.1, 0.15) is 24.5 Å². The maximum absolute atomic E-state index is 13.4. The van der Waals surface area contributed by atoms with Crippen LogP contribution in [0.5, 0.6) is 0 Å². The monoisotopic (exact) mass is 335 g/mol. The van der Waals surface area contributed by atoms with Crippen molar-refractivity contribution < 1.29 is 4.39 Å². The van der Waals surface area contributed by atoms with Gasteiger partial charge in [-0.2, -0.15) is 0 Å². The van der Waals surface area contributed by atoms with Crippen LogP contribution in [0.3, 0.4) is 0 Å². The topological polar surface area (TPSA) is 12.0 Å². The summed E-state index contributed by atoms with van der Waals surface area (Å²) in [5.74, 6) is -0.207. The van der Waals surface area contributed by atoms with Gasteiger partial charge >= 0.3 is 0 Å². The molecule has 0 aliphatic heterocycles. The van der Waals surface area contributed by atoms with Gasteiger partial charge in [-0.05, 0) is 52.9 Å². The Hall–Kier alpha value is -1.19. The molecule has 106 valence electrons. The van der Waals surface area contributed by atoms with Crippen LogP contribution in [-0.2, 0) is 13.0 Å². The summed E-state index contributed by atoms with van der Waals surface area (Å²) in [7, 11) is 0. The summed E-state index contributed by atoms with van der Waals surface area (Å²) in [6.45, 7) is 2.84. The lowest BCUT2D eigenvalue weighted by molar-refractivity contribution is 0.511. The Morgan fingerprint density at radius 2 is 1.85 bits per heavy atom. The Labute approximate surface area is 128 Å². The first kappa shape index (κ1) is 15.2. The largest absolute Gasteiger partial charge is 0.310 e. The van der Waals surface area contributed by atoms with E-state index in [-0.39, 0.29) is 5.82 Å². The van der Waals surface area contributed by atoms with Gasteiger partial charge in [0.25, 0.3) is 0 Å². The third-order valence-electron chi connectivity index (χ3n) is 3.38. The second kappa shape index (κ2) is 7.55. The highest BCUT2D eigenvalue weighted by Gasteiger charge is 2.07. The number of hydrogen-bond acceptors (Lipinski definition) is 1. The molecule has 1 nitrogen and oxygen atoms in total. The SMILES string of the molecule is CC(CCc1ccccc1)NCc1cccc(F)c1Br. The summed E-state index contributed by atoms with van der Waals surface area (Å²) in [4.78, 5) is 0. The van der Waals surface area contributed by atoms with Gasteiger partial charge in [-0.1, -0.05) is 42.5 Å². The van der Waals surface area contributed by atoms with Crippen LogP contribution in [0.15, 0.2) is 53.0 Å². The molecule has 0 spiro atoms. The molecule has 0 aliphatic carbocycles. The molecule has 1 N–H and O–H groups in total. The maximum Gasteiger partial charge on any atom is 0.137 e. The maximum atomic E-state index is 13.4. The molecule has 0 aromatic heterocycles. The number of benzene rings is 2. The van der Waals surface area contributed by atoms with E-state index in [9.17, 15) is 4.39 Å². The van der Waals surface area contributed by atoms with E-state index in [1.807, 2.05) is 12.1 Å². The van der Waals surface area contributed by atoms with E-state index in [0.717, 1.165) is 18.4 Å². The number of rotatable bonds is 6. The lowest BCUT2D eigenvalue weighted by Crippen LogP contribution is -2.26. The third-order valence-corrected chi connectivity index (χ3v) is 4.27. The minimum absolute atomic E-state index is 0.207. The van der Waals surface area contributed by atoms with Crippen LogP contribution in [0.4, 0.5) is 4.39 Å². The van der Waals surface area contributed by atoms with E-state index in [1.165, 1.54) is 11.6 Å². The number of aryl methyl sites for hydroxylation is 1. The first-order valence-electron chi connectivity index (χ1n) is 6.87. The van der Waals surface area contributed by atoms with Gasteiger partial charge in [0.2, 0.25) is 0 Å². The normalized spacial score (nSPS) is 12.3. The lowest BCUT2D eigenvalue weighted by Gasteiger charge is -2.14. The smallest absolute Gasteiger partial charge is 0.137 e. The Bertz CT molecular complexity index is 542. The van der Waals surface area contributed by atoms with Crippen LogP contribution in [0.25, 0.3) is 0 Å². The van der Waals surface area contributed by atoms with Gasteiger partial charge in [-0.3, -0.25) is 0 Å². The van der Waals surface area contributed by atoms with E-state index in [1.54, 1.807) is 6.07 Å². The van der Waals surface area contributed by atoms with Crippen molar-refractivity contribution >= 4 is 15.9 Å². The summed E-state index contributed by atoms with van der Waals surface area (Å²) in [6.07, 6.45) is 2.12. The van der Waals surface area contributed by atoms with E-state index in [2.05, 4.69) is 52.4 Å². The molecule has 1 atom stereocenters. The molecule has 0 saturated carbocycles. The zero-order chi connectivity index (χ0) is 14.4. The molecular formula is C17H19BrFN. The summed E-state index contributed by atoms with van der Waals surface area (Å²) in [5.41, 5.74) is 2.31. The second-order valence-electron chi connectivity index (χ2n) is 5.02. The van der Waals surface area contributed by atoms with Crippen molar-refractivity contribution in [1.82, 2.24) is 5.32 Å². The van der Waals surface area contributed by atoms with E-state index < -0.39 is 0 Å². The molecule has 0 heterocycles. The summed E-state index contributed by atoms with van der Waals surface area (Å²) < 4.78 is 14.0. The molecule has 0 bridgehead atoms. The molecule has 2 rings (SSSR count). The quantitative estimate of drug-likeness (QED) is 0.806. The van der Waals surface area contributed by atoms with Crippen molar-refractivity contribution in [2.75, 3.05) is 0 Å². The predicted octanol–water partition coefficient (Wildman–Crippen LogP) is 4.70. The van der Waals surface area contributed by atoms with Gasteiger partial charge in [0.15, 0.2) is 0 Å². The van der Waals surface area contributed by atoms with Crippen LogP contribution in [0, 0.1) is 5.82 Å². The zero-order valence-electron chi connectivity index (χ0n) is 11.6. The highest BCUT2D eigenvalue weighted by atomic mass is 79.9. The van der Waals surface area contributed by atoms with E-state index in [4.69, 9.17) is 0 Å². The summed E-state index contributed by atoms with van der Waals surface area (Å²) in [5, 5.41) is 3.44. The standard InChI is InChI=1S/C17H19BrFN/c1-13(10-11-14-6-3-2-4-7-14)20-12-15-8-5-9-16(19)17(15)18/h2-9,13,20H,10-12H2,1H3. The Balaban J connectivity index is 1.80. The highest BCUT2D eigenvalue weighted by Crippen LogP contribution is 2.20. The second-order valence-corrected chi connectivity index (χ2v) is 5.81. The van der Waals surface area contributed by atoms with Gasteiger partial charge in [-0.15, -0.1) is 0 Å². The number of hydrogen-bond donors (Lipinski definition) is 1. The Morgan fingerprint density at radius 3 is 2.60 bits per heavy atom. The van der Waals surface area contributed by atoms with Gasteiger partial charge in [0.1, 0.15) is 5.82 Å². The minimum atomic E-state index is -0.207. The molecule has 2 aromatic carbocycles. The molecule has 1 unspecified atom stereocenters. The van der Waals surface area contributed by atoms with Crippen molar-refractivity contribution in [3.8, 4) is 0 Å². The van der Waals surface area contributed by atoms with Gasteiger partial charge < -0.3 is 5.32 Å². The molecule has 0 radical (unpaired) electrons. The van der Waals surface area contributed by atoms with Gasteiger partial charge in [0, 0.05) is 12.6 Å². The average molecular weight is 336 g/mol. The van der Waals surface area contributed by atoms with Crippen LogP contribution in [-0.4, -0.2) is 6.04 Å². The third kappa shape index (κ3) is 4.43. The van der Waals surface area contributed by atoms with Gasteiger partial charge in [0.05, 0.1) is 4.47 Å². The first-order chi connectivity index (χ1) is 9.66. The zero-order valence-corrected chi connectivity index (χ0v) is 13.2. The molecule has 3 heteroatoms. The predicted molar refractivity (Wildman–Crippen MR) is 85.2 cm³/mol. The Morgan fingerprint density at radius 1 is 1.10 bits per heavy atom. The molecule has 0 fully saturated rings. The molecule has 0 amide bonds. The van der Waals surface area contributed by atoms with Crippen molar-refractivity contribution in [3.05, 3.63) is 69.9 Å². The fourth-order valence-electron chi connectivity index (χ4n) is 2.10. The van der Waals surface area contributed by atoms with Crippen LogP contribution >= 0.6 is 15.9 Å². The van der Waals surface area contributed by atoms with Crippen molar-refractivity contribution in [2.24, 2.45) is 0 Å². The molecular weight excluding hydrogens is 317 g/mol. The van der Waals surface area contributed by atoms with Gasteiger partial charge in [-0.25, -0.2) is 4.39 Å². The van der Waals surface area contributed by atoms with Crippen molar-refractivity contribution in [2.45, 2.75) is 32.4 Å². The molecule has 0 aliphatic rings. The number of halogens is 2. The average Bonchev–Trinajstić information content (AvgIpc) is 2.48. The fraction of sp³-hybridized carbons (Fsp3) is 0.294. The Kier molecular flexibility index (Phi) is 5.74. The highest BCUT2D eigenvalue weighted by molar-refractivity contribution is 9.10. The van der Waals surface area contributed by atoms with Crippen LogP contribution in [0.2, 0.25) is 0 Å². The number of nitrogens with one attached hydrogen (secondary N) is 1. The summed E-state index contributed by atoms with van der Waals surface area (Å²) >= 11 is 3.29.